The molecule has 0 bridgehead atoms. The first-order valence-electron chi connectivity index (χ1n) is 10.7. The van der Waals surface area contributed by atoms with E-state index in [-0.39, 0.29) is 17.5 Å². The number of hydrogen-bond donors (Lipinski definition) is 3. The number of aliphatic hydroxyl groups excluding tert-OH is 1. The van der Waals surface area contributed by atoms with Gasteiger partial charge in [0.1, 0.15) is 0 Å². The average molecular weight is 478 g/mol. The number of fused-ring (bicyclic) bond motifs is 1. The molecule has 9 heteroatoms. The van der Waals surface area contributed by atoms with Gasteiger partial charge in [-0.15, -0.1) is 0 Å². The van der Waals surface area contributed by atoms with Gasteiger partial charge in [0.15, 0.2) is 11.5 Å². The van der Waals surface area contributed by atoms with Crippen LogP contribution in [0.4, 0.5) is 0 Å². The van der Waals surface area contributed by atoms with E-state index in [4.69, 9.17) is 25.8 Å². The van der Waals surface area contributed by atoms with Gasteiger partial charge in [0.25, 0.3) is 0 Å². The fraction of sp³-hybridized carbons (Fsp3) is 0.417. The van der Waals surface area contributed by atoms with Crippen molar-refractivity contribution in [2.24, 2.45) is 0 Å². The summed E-state index contributed by atoms with van der Waals surface area (Å²) < 4.78 is 16.4. The van der Waals surface area contributed by atoms with Crippen LogP contribution in [-0.4, -0.2) is 53.1 Å². The highest BCUT2D eigenvalue weighted by atomic mass is 35.5. The SMILES string of the molecule is CC(C)OC(=O)C1Oc2cc(C[C@@H](C)NC[C@H](O)c3cccc(Cl)c3)ccc2OC1C(=O)O. The number of carbonyl (C=O) groups excluding carboxylic acids is 1. The Kier molecular flexibility index (Phi) is 8.18. The smallest absolute Gasteiger partial charge is 0.352 e. The zero-order chi connectivity index (χ0) is 24.1. The molecule has 0 aliphatic carbocycles. The molecule has 1 aliphatic rings. The van der Waals surface area contributed by atoms with Crippen molar-refractivity contribution in [3.63, 3.8) is 0 Å². The third-order valence-electron chi connectivity index (χ3n) is 5.05. The lowest BCUT2D eigenvalue weighted by molar-refractivity contribution is -0.171. The normalized spacial score (nSPS) is 19.1. The molecule has 1 heterocycles. The second-order valence-corrected chi connectivity index (χ2v) is 8.70. The molecule has 2 aromatic carbocycles. The predicted octanol–water partition coefficient (Wildman–Crippen LogP) is 3.14. The highest BCUT2D eigenvalue weighted by Gasteiger charge is 2.43. The summed E-state index contributed by atoms with van der Waals surface area (Å²) in [4.78, 5) is 23.9. The summed E-state index contributed by atoms with van der Waals surface area (Å²) in [7, 11) is 0. The van der Waals surface area contributed by atoms with Crippen LogP contribution >= 0.6 is 11.6 Å². The number of aliphatic carboxylic acids is 1. The van der Waals surface area contributed by atoms with Crippen LogP contribution in [0.1, 0.15) is 38.0 Å². The number of aliphatic hydroxyl groups is 1. The molecular formula is C24H28ClNO7. The summed E-state index contributed by atoms with van der Waals surface area (Å²) in [5.41, 5.74) is 1.62. The standard InChI is InChI=1S/C24H28ClNO7/c1-13(2)31-24(30)22-21(23(28)29)32-19-8-7-15(10-20(19)33-22)9-14(3)26-12-18(27)16-5-4-6-17(25)11-16/h4-8,10-11,13-14,18,21-22,26-27H,9,12H2,1-3H3,(H,28,29)/t14-,18+,21?,22?/m1/s1. The zero-order valence-electron chi connectivity index (χ0n) is 18.7. The second-order valence-electron chi connectivity index (χ2n) is 8.27. The molecule has 0 saturated carbocycles. The Hall–Kier alpha value is -2.81. The maximum Gasteiger partial charge on any atom is 0.352 e. The Labute approximate surface area is 197 Å². The van der Waals surface area contributed by atoms with Gasteiger partial charge in [-0.2, -0.15) is 0 Å². The lowest BCUT2D eigenvalue weighted by Gasteiger charge is -2.31. The van der Waals surface area contributed by atoms with Crippen molar-refractivity contribution in [1.82, 2.24) is 5.32 Å². The summed E-state index contributed by atoms with van der Waals surface area (Å²) in [6, 6.07) is 12.2. The van der Waals surface area contributed by atoms with Crippen molar-refractivity contribution in [3.8, 4) is 11.5 Å². The van der Waals surface area contributed by atoms with E-state index in [2.05, 4.69) is 5.32 Å². The summed E-state index contributed by atoms with van der Waals surface area (Å²) in [6.45, 7) is 5.66. The highest BCUT2D eigenvalue weighted by molar-refractivity contribution is 6.30. The molecule has 0 fully saturated rings. The first kappa shape index (κ1) is 24.8. The van der Waals surface area contributed by atoms with Crippen LogP contribution in [0.2, 0.25) is 5.02 Å². The van der Waals surface area contributed by atoms with Crippen molar-refractivity contribution in [2.75, 3.05) is 6.54 Å². The second kappa shape index (κ2) is 10.9. The first-order chi connectivity index (χ1) is 15.6. The third kappa shape index (κ3) is 6.60. The summed E-state index contributed by atoms with van der Waals surface area (Å²) in [6.07, 6.45) is -3.42. The fourth-order valence-corrected chi connectivity index (χ4v) is 3.69. The Morgan fingerprint density at radius 1 is 1.09 bits per heavy atom. The van der Waals surface area contributed by atoms with Gasteiger partial charge in [-0.3, -0.25) is 0 Å². The number of halogens is 1. The number of rotatable bonds is 9. The Morgan fingerprint density at radius 2 is 1.82 bits per heavy atom. The molecule has 0 radical (unpaired) electrons. The van der Waals surface area contributed by atoms with Crippen molar-refractivity contribution >= 4 is 23.5 Å². The molecule has 0 saturated heterocycles. The molecule has 3 N–H and O–H groups in total. The number of nitrogens with one attached hydrogen (secondary N) is 1. The summed E-state index contributed by atoms with van der Waals surface area (Å²) >= 11 is 5.98. The van der Waals surface area contributed by atoms with E-state index in [1.54, 1.807) is 50.2 Å². The zero-order valence-corrected chi connectivity index (χ0v) is 19.4. The number of carboxylic acid groups (broad SMARTS) is 1. The first-order valence-corrected chi connectivity index (χ1v) is 11.1. The van der Waals surface area contributed by atoms with Crippen LogP contribution in [0.15, 0.2) is 42.5 Å². The van der Waals surface area contributed by atoms with E-state index in [1.807, 2.05) is 13.0 Å². The number of hydrogen-bond acceptors (Lipinski definition) is 7. The summed E-state index contributed by atoms with van der Waals surface area (Å²) in [5, 5.41) is 23.7. The molecule has 2 aromatic rings. The minimum atomic E-state index is -1.50. The lowest BCUT2D eigenvalue weighted by Crippen LogP contribution is -2.50. The third-order valence-corrected chi connectivity index (χ3v) is 5.29. The minimum Gasteiger partial charge on any atom is -0.478 e. The quantitative estimate of drug-likeness (QED) is 0.472. The van der Waals surface area contributed by atoms with Crippen LogP contribution in [0, 0.1) is 0 Å². The van der Waals surface area contributed by atoms with E-state index in [0.717, 1.165) is 11.1 Å². The van der Waals surface area contributed by atoms with E-state index in [9.17, 15) is 19.8 Å². The monoisotopic (exact) mass is 477 g/mol. The van der Waals surface area contributed by atoms with Crippen molar-refractivity contribution < 1.29 is 34.0 Å². The highest BCUT2D eigenvalue weighted by Crippen LogP contribution is 2.35. The van der Waals surface area contributed by atoms with E-state index >= 15 is 0 Å². The van der Waals surface area contributed by atoms with Crippen LogP contribution in [0.25, 0.3) is 0 Å². The van der Waals surface area contributed by atoms with Gasteiger partial charge >= 0.3 is 11.9 Å². The maximum atomic E-state index is 12.4. The Morgan fingerprint density at radius 3 is 2.48 bits per heavy atom. The molecule has 8 nitrogen and oxygen atoms in total. The predicted molar refractivity (Wildman–Crippen MR) is 122 cm³/mol. The number of esters is 1. The average Bonchev–Trinajstić information content (AvgIpc) is 2.76. The topological polar surface area (TPSA) is 114 Å². The van der Waals surface area contributed by atoms with Crippen LogP contribution in [-0.2, 0) is 20.7 Å². The molecule has 178 valence electrons. The van der Waals surface area contributed by atoms with Gasteiger partial charge in [-0.05, 0) is 62.6 Å². The lowest BCUT2D eigenvalue weighted by atomic mass is 10.0. The van der Waals surface area contributed by atoms with Crippen LogP contribution < -0.4 is 14.8 Å². The molecule has 2 unspecified atom stereocenters. The van der Waals surface area contributed by atoms with Gasteiger partial charge in [-0.1, -0.05) is 29.8 Å². The van der Waals surface area contributed by atoms with Gasteiger partial charge in [0.05, 0.1) is 12.2 Å². The molecule has 3 rings (SSSR count). The van der Waals surface area contributed by atoms with Crippen LogP contribution in [0.5, 0.6) is 11.5 Å². The summed E-state index contributed by atoms with van der Waals surface area (Å²) in [5.74, 6) is -1.58. The van der Waals surface area contributed by atoms with Gasteiger partial charge < -0.3 is 29.7 Å². The number of carboxylic acids is 1. The molecule has 33 heavy (non-hydrogen) atoms. The van der Waals surface area contributed by atoms with Crippen molar-refractivity contribution in [2.45, 2.75) is 57.6 Å². The maximum absolute atomic E-state index is 12.4. The van der Waals surface area contributed by atoms with Gasteiger partial charge in [0, 0.05) is 17.6 Å². The van der Waals surface area contributed by atoms with E-state index < -0.39 is 36.4 Å². The largest absolute Gasteiger partial charge is 0.478 e. The molecule has 1 aliphatic heterocycles. The van der Waals surface area contributed by atoms with Gasteiger partial charge in [-0.25, -0.2) is 9.59 Å². The molecule has 0 aromatic heterocycles. The van der Waals surface area contributed by atoms with Crippen molar-refractivity contribution in [1.29, 1.82) is 0 Å². The van der Waals surface area contributed by atoms with E-state index in [1.165, 1.54) is 0 Å². The molecule has 4 atom stereocenters. The Bertz CT molecular complexity index is 997. The van der Waals surface area contributed by atoms with Gasteiger partial charge in [0.2, 0.25) is 12.2 Å². The minimum absolute atomic E-state index is 0.00913. The molecule has 0 spiro atoms. The Balaban J connectivity index is 1.64. The fourth-order valence-electron chi connectivity index (χ4n) is 3.49. The molecular weight excluding hydrogens is 450 g/mol. The van der Waals surface area contributed by atoms with Crippen LogP contribution in [0.3, 0.4) is 0 Å². The number of benzene rings is 2. The van der Waals surface area contributed by atoms with E-state index in [0.29, 0.717) is 18.0 Å². The molecule has 0 amide bonds. The van der Waals surface area contributed by atoms with Crippen molar-refractivity contribution in [3.05, 3.63) is 58.6 Å². The number of ether oxygens (including phenoxy) is 3. The number of carbonyl (C=O) groups is 2.